The quantitative estimate of drug-likeness (QED) is 0.830. The smallest absolute Gasteiger partial charge is 0.335 e. The lowest BCUT2D eigenvalue weighted by Crippen LogP contribution is -1.96. The van der Waals surface area contributed by atoms with Crippen LogP contribution in [0.5, 0.6) is 0 Å². The molecule has 0 unspecified atom stereocenters. The Labute approximate surface area is 92.9 Å². The summed E-state index contributed by atoms with van der Waals surface area (Å²) >= 11 is 0. The Morgan fingerprint density at radius 2 is 2.31 bits per heavy atom. The zero-order chi connectivity index (χ0) is 11.5. The molecule has 0 radical (unpaired) electrons. The topological polar surface area (TPSA) is 62.3 Å². The third kappa shape index (κ3) is 1.92. The highest BCUT2D eigenvalue weighted by Gasteiger charge is 2.08. The summed E-state index contributed by atoms with van der Waals surface area (Å²) in [5.74, 6) is -0.912. The molecule has 0 bridgehead atoms. The Kier molecular flexibility index (Phi) is 2.92. The normalized spacial score (nSPS) is 10.8. The number of benzene rings is 1. The fourth-order valence-corrected chi connectivity index (χ4v) is 1.64. The summed E-state index contributed by atoms with van der Waals surface area (Å²) in [5.41, 5.74) is 2.21. The molecule has 84 valence electrons. The largest absolute Gasteiger partial charge is 0.478 e. The van der Waals surface area contributed by atoms with Gasteiger partial charge in [-0.05, 0) is 25.1 Å². The van der Waals surface area contributed by atoms with E-state index in [1.54, 1.807) is 18.2 Å². The second-order valence-electron chi connectivity index (χ2n) is 3.52. The van der Waals surface area contributed by atoms with Crippen LogP contribution in [0.1, 0.15) is 22.8 Å². The Morgan fingerprint density at radius 3 is 3.00 bits per heavy atom. The van der Waals surface area contributed by atoms with Crippen LogP contribution in [-0.2, 0) is 11.3 Å². The molecule has 0 saturated heterocycles. The second-order valence-corrected chi connectivity index (χ2v) is 3.52. The standard InChI is InChI=1S/C12H13NO3/c1-2-16-7-9-6-13-11-4-3-8(12(14)15)5-10(9)11/h3-6,13H,2,7H2,1H3,(H,14,15). The number of nitrogens with one attached hydrogen (secondary N) is 1. The minimum atomic E-state index is -0.912. The van der Waals surface area contributed by atoms with Crippen molar-refractivity contribution in [2.24, 2.45) is 0 Å². The van der Waals surface area contributed by atoms with E-state index in [0.29, 0.717) is 18.8 Å². The van der Waals surface area contributed by atoms with Crippen LogP contribution in [0.25, 0.3) is 10.9 Å². The van der Waals surface area contributed by atoms with Gasteiger partial charge >= 0.3 is 5.97 Å². The Balaban J connectivity index is 2.43. The first kappa shape index (κ1) is 10.7. The minimum Gasteiger partial charge on any atom is -0.478 e. The lowest BCUT2D eigenvalue weighted by Gasteiger charge is -2.00. The fraction of sp³-hybridized carbons (Fsp3) is 0.250. The molecule has 0 aliphatic carbocycles. The molecule has 0 spiro atoms. The SMILES string of the molecule is CCOCc1c[nH]c2ccc(C(=O)O)cc12. The molecule has 2 rings (SSSR count). The number of ether oxygens (including phenoxy) is 1. The van der Waals surface area contributed by atoms with Gasteiger partial charge in [0.2, 0.25) is 0 Å². The van der Waals surface area contributed by atoms with Crippen LogP contribution >= 0.6 is 0 Å². The number of aromatic nitrogens is 1. The molecule has 0 atom stereocenters. The Bertz CT molecular complexity index is 516. The molecule has 0 aliphatic rings. The van der Waals surface area contributed by atoms with Gasteiger partial charge < -0.3 is 14.8 Å². The van der Waals surface area contributed by atoms with E-state index < -0.39 is 5.97 Å². The molecule has 0 amide bonds. The van der Waals surface area contributed by atoms with Crippen LogP contribution in [0, 0.1) is 0 Å². The van der Waals surface area contributed by atoms with Gasteiger partial charge in [-0.3, -0.25) is 0 Å². The van der Waals surface area contributed by atoms with E-state index in [0.717, 1.165) is 16.5 Å². The van der Waals surface area contributed by atoms with Crippen molar-refractivity contribution in [1.82, 2.24) is 4.98 Å². The highest BCUT2D eigenvalue weighted by molar-refractivity contribution is 5.94. The molecule has 2 N–H and O–H groups in total. The molecule has 2 aromatic rings. The molecule has 0 fully saturated rings. The Hall–Kier alpha value is -1.81. The van der Waals surface area contributed by atoms with Crippen LogP contribution < -0.4 is 0 Å². The van der Waals surface area contributed by atoms with Crippen LogP contribution in [0.3, 0.4) is 0 Å². The average Bonchev–Trinajstić information content (AvgIpc) is 2.68. The van der Waals surface area contributed by atoms with Crippen LogP contribution in [0.4, 0.5) is 0 Å². The predicted molar refractivity (Wildman–Crippen MR) is 60.6 cm³/mol. The van der Waals surface area contributed by atoms with E-state index in [1.807, 2.05) is 13.1 Å². The maximum atomic E-state index is 10.9. The van der Waals surface area contributed by atoms with Crippen LogP contribution in [0.2, 0.25) is 0 Å². The van der Waals surface area contributed by atoms with Gasteiger partial charge in [0.25, 0.3) is 0 Å². The molecule has 4 nitrogen and oxygen atoms in total. The number of carboxylic acids is 1. The van der Waals surface area contributed by atoms with E-state index in [9.17, 15) is 4.79 Å². The van der Waals surface area contributed by atoms with Crippen LogP contribution in [-0.4, -0.2) is 22.7 Å². The number of aromatic amines is 1. The Morgan fingerprint density at radius 1 is 1.50 bits per heavy atom. The summed E-state index contributed by atoms with van der Waals surface area (Å²) in [4.78, 5) is 13.9. The summed E-state index contributed by atoms with van der Waals surface area (Å²) in [6, 6.07) is 5.03. The summed E-state index contributed by atoms with van der Waals surface area (Å²) in [5, 5.41) is 9.82. The van der Waals surface area contributed by atoms with Crippen molar-refractivity contribution in [2.45, 2.75) is 13.5 Å². The number of aromatic carboxylic acids is 1. The monoisotopic (exact) mass is 219 g/mol. The van der Waals surface area contributed by atoms with Crippen molar-refractivity contribution in [2.75, 3.05) is 6.61 Å². The van der Waals surface area contributed by atoms with Crippen molar-refractivity contribution >= 4 is 16.9 Å². The molecule has 0 saturated carbocycles. The average molecular weight is 219 g/mol. The molecule has 16 heavy (non-hydrogen) atoms. The summed E-state index contributed by atoms with van der Waals surface area (Å²) in [6.45, 7) is 3.07. The molecule has 1 aromatic heterocycles. The molecule has 4 heteroatoms. The zero-order valence-electron chi connectivity index (χ0n) is 8.99. The molecular weight excluding hydrogens is 206 g/mol. The van der Waals surface area contributed by atoms with Gasteiger partial charge in [-0.15, -0.1) is 0 Å². The molecule has 1 heterocycles. The van der Waals surface area contributed by atoms with Crippen LogP contribution in [0.15, 0.2) is 24.4 Å². The van der Waals surface area contributed by atoms with E-state index in [4.69, 9.17) is 9.84 Å². The minimum absolute atomic E-state index is 0.296. The summed E-state index contributed by atoms with van der Waals surface area (Å²) in [7, 11) is 0. The first-order chi connectivity index (χ1) is 7.72. The maximum Gasteiger partial charge on any atom is 0.335 e. The first-order valence-corrected chi connectivity index (χ1v) is 5.13. The number of carbonyl (C=O) groups is 1. The van der Waals surface area contributed by atoms with E-state index >= 15 is 0 Å². The predicted octanol–water partition coefficient (Wildman–Crippen LogP) is 2.40. The van der Waals surface area contributed by atoms with Crippen molar-refractivity contribution in [1.29, 1.82) is 0 Å². The van der Waals surface area contributed by atoms with Crippen molar-refractivity contribution < 1.29 is 14.6 Å². The third-order valence-electron chi connectivity index (χ3n) is 2.48. The van der Waals surface area contributed by atoms with Gasteiger partial charge in [0.15, 0.2) is 0 Å². The van der Waals surface area contributed by atoms with E-state index in [-0.39, 0.29) is 0 Å². The van der Waals surface area contributed by atoms with E-state index in [2.05, 4.69) is 4.98 Å². The number of hydrogen-bond donors (Lipinski definition) is 2. The van der Waals surface area contributed by atoms with Gasteiger partial charge in [0.05, 0.1) is 12.2 Å². The fourth-order valence-electron chi connectivity index (χ4n) is 1.64. The van der Waals surface area contributed by atoms with Gasteiger partial charge in [0.1, 0.15) is 0 Å². The first-order valence-electron chi connectivity index (χ1n) is 5.13. The van der Waals surface area contributed by atoms with Gasteiger partial charge in [-0.2, -0.15) is 0 Å². The number of fused-ring (bicyclic) bond motifs is 1. The van der Waals surface area contributed by atoms with Crippen molar-refractivity contribution in [3.05, 3.63) is 35.5 Å². The van der Waals surface area contributed by atoms with Gasteiger partial charge in [-0.1, -0.05) is 0 Å². The molecular formula is C12H13NO3. The number of H-pyrrole nitrogens is 1. The van der Waals surface area contributed by atoms with E-state index in [1.165, 1.54) is 0 Å². The highest BCUT2D eigenvalue weighted by atomic mass is 16.5. The highest BCUT2D eigenvalue weighted by Crippen LogP contribution is 2.20. The summed E-state index contributed by atoms with van der Waals surface area (Å²) in [6.07, 6.45) is 1.85. The van der Waals surface area contributed by atoms with Crippen molar-refractivity contribution in [3.63, 3.8) is 0 Å². The third-order valence-corrected chi connectivity index (χ3v) is 2.48. The lowest BCUT2D eigenvalue weighted by molar-refractivity contribution is 0.0697. The molecule has 1 aromatic carbocycles. The molecule has 0 aliphatic heterocycles. The van der Waals surface area contributed by atoms with Crippen molar-refractivity contribution in [3.8, 4) is 0 Å². The number of carboxylic acid groups (broad SMARTS) is 1. The van der Waals surface area contributed by atoms with Gasteiger partial charge in [0, 0.05) is 29.3 Å². The van der Waals surface area contributed by atoms with Gasteiger partial charge in [-0.25, -0.2) is 4.79 Å². The number of rotatable bonds is 4. The lowest BCUT2D eigenvalue weighted by atomic mass is 10.1. The number of hydrogen-bond acceptors (Lipinski definition) is 2. The summed E-state index contributed by atoms with van der Waals surface area (Å²) < 4.78 is 5.32. The maximum absolute atomic E-state index is 10.9. The zero-order valence-corrected chi connectivity index (χ0v) is 8.99. The second kappa shape index (κ2) is 4.37.